The van der Waals surface area contributed by atoms with Gasteiger partial charge in [0.15, 0.2) is 0 Å². The molecule has 0 amide bonds. The largest absolute Gasteiger partial charge is 0.469 e. The van der Waals surface area contributed by atoms with E-state index in [1.54, 1.807) is 0 Å². The Balaban J connectivity index is 2.21. The lowest BCUT2D eigenvalue weighted by Crippen LogP contribution is -2.37. The molecule has 1 saturated carbocycles. The Morgan fingerprint density at radius 2 is 2.05 bits per heavy atom. The summed E-state index contributed by atoms with van der Waals surface area (Å²) in [6.45, 7) is 6.34. The number of esters is 1. The van der Waals surface area contributed by atoms with Crippen molar-refractivity contribution in [2.75, 3.05) is 7.11 Å². The highest BCUT2D eigenvalue weighted by Crippen LogP contribution is 2.52. The van der Waals surface area contributed by atoms with Gasteiger partial charge in [-0.05, 0) is 55.9 Å². The molecule has 0 aliphatic heterocycles. The number of rotatable bonds is 2. The van der Waals surface area contributed by atoms with E-state index in [2.05, 4.69) is 13.8 Å². The lowest BCUT2D eigenvalue weighted by molar-refractivity contribution is -0.147. The first-order chi connectivity index (χ1) is 8.89. The number of carbonyl (C=O) groups is 1. The molecular formula is C16H26O3. The van der Waals surface area contributed by atoms with Crippen molar-refractivity contribution in [2.45, 2.75) is 59.0 Å². The number of ether oxygens (including phenoxy) is 1. The minimum atomic E-state index is -0.282. The van der Waals surface area contributed by atoms with Gasteiger partial charge in [-0.3, -0.25) is 4.79 Å². The Morgan fingerprint density at radius 1 is 1.42 bits per heavy atom. The maximum atomic E-state index is 11.7. The molecule has 2 aliphatic rings. The zero-order chi connectivity index (χ0) is 14.2. The Labute approximate surface area is 116 Å². The molecular weight excluding hydrogens is 240 g/mol. The molecule has 0 spiro atoms. The Kier molecular flexibility index (Phi) is 4.05. The van der Waals surface area contributed by atoms with Gasteiger partial charge in [-0.1, -0.05) is 19.4 Å². The average Bonchev–Trinajstić information content (AvgIpc) is 2.41. The first kappa shape index (κ1) is 14.6. The smallest absolute Gasteiger partial charge is 0.308 e. The van der Waals surface area contributed by atoms with Crippen molar-refractivity contribution in [2.24, 2.45) is 17.3 Å². The van der Waals surface area contributed by atoms with Crippen molar-refractivity contribution in [1.82, 2.24) is 0 Å². The van der Waals surface area contributed by atoms with Gasteiger partial charge in [0.1, 0.15) is 0 Å². The number of aliphatic hydroxyl groups excluding tert-OH is 1. The molecule has 4 atom stereocenters. The molecule has 0 aromatic carbocycles. The van der Waals surface area contributed by atoms with Gasteiger partial charge in [0.2, 0.25) is 0 Å². The Bertz CT molecular complexity index is 399. The van der Waals surface area contributed by atoms with Crippen molar-refractivity contribution < 1.29 is 14.6 Å². The van der Waals surface area contributed by atoms with Gasteiger partial charge >= 0.3 is 5.97 Å². The third-order valence-corrected chi connectivity index (χ3v) is 5.49. The van der Waals surface area contributed by atoms with Crippen molar-refractivity contribution in [3.63, 3.8) is 0 Å². The number of carbonyl (C=O) groups excluding carboxylic acids is 1. The molecule has 108 valence electrons. The van der Waals surface area contributed by atoms with E-state index >= 15 is 0 Å². The number of hydrogen-bond donors (Lipinski definition) is 1. The van der Waals surface area contributed by atoms with Crippen LogP contribution >= 0.6 is 0 Å². The van der Waals surface area contributed by atoms with Crippen molar-refractivity contribution >= 4 is 5.97 Å². The fourth-order valence-electron chi connectivity index (χ4n) is 3.86. The quantitative estimate of drug-likeness (QED) is 0.617. The molecule has 0 heterocycles. The van der Waals surface area contributed by atoms with Crippen LogP contribution in [0.2, 0.25) is 0 Å². The van der Waals surface area contributed by atoms with Gasteiger partial charge < -0.3 is 9.84 Å². The van der Waals surface area contributed by atoms with Crippen LogP contribution in [0.15, 0.2) is 11.1 Å². The van der Waals surface area contributed by atoms with Crippen LogP contribution < -0.4 is 0 Å². The summed E-state index contributed by atoms with van der Waals surface area (Å²) >= 11 is 0. The average molecular weight is 266 g/mol. The van der Waals surface area contributed by atoms with Gasteiger partial charge in [0, 0.05) is 0 Å². The first-order valence-electron chi connectivity index (χ1n) is 7.35. The maximum Gasteiger partial charge on any atom is 0.308 e. The second-order valence-electron chi connectivity index (χ2n) is 6.59. The number of hydrogen-bond acceptors (Lipinski definition) is 3. The molecule has 0 aromatic rings. The lowest BCUT2D eigenvalue weighted by Gasteiger charge is -2.46. The molecule has 0 saturated heterocycles. The monoisotopic (exact) mass is 266 g/mol. The number of allylic oxidation sites excluding steroid dienone is 1. The molecule has 0 bridgehead atoms. The molecule has 2 aliphatic carbocycles. The van der Waals surface area contributed by atoms with E-state index in [0.29, 0.717) is 5.92 Å². The van der Waals surface area contributed by atoms with Crippen LogP contribution in [0.5, 0.6) is 0 Å². The molecule has 0 aromatic heterocycles. The molecule has 3 nitrogen and oxygen atoms in total. The van der Waals surface area contributed by atoms with Gasteiger partial charge in [-0.25, -0.2) is 0 Å². The van der Waals surface area contributed by atoms with E-state index < -0.39 is 0 Å². The molecule has 19 heavy (non-hydrogen) atoms. The number of aliphatic hydroxyl groups is 1. The summed E-state index contributed by atoms with van der Waals surface area (Å²) in [7, 11) is 1.46. The Morgan fingerprint density at radius 3 is 2.68 bits per heavy atom. The van der Waals surface area contributed by atoms with Crippen molar-refractivity contribution in [1.29, 1.82) is 0 Å². The standard InChI is InChI=1S/C16H26O3/c1-10(15(18)19-4)12-5-7-16(3)8-6-14(17)11(2)13(16)9-12/h10,12,14,17H,5-9H2,1-4H3/t10-,12-,14+,16+/m1/s1. The number of methoxy groups -OCH3 is 1. The van der Waals surface area contributed by atoms with Gasteiger partial charge in [0.25, 0.3) is 0 Å². The summed E-state index contributed by atoms with van der Waals surface area (Å²) in [6, 6.07) is 0. The highest BCUT2D eigenvalue weighted by atomic mass is 16.5. The molecule has 0 radical (unpaired) electrons. The summed E-state index contributed by atoms with van der Waals surface area (Å²) in [6.07, 6.45) is 4.81. The van der Waals surface area contributed by atoms with Crippen LogP contribution in [0, 0.1) is 17.3 Å². The topological polar surface area (TPSA) is 46.5 Å². The van der Waals surface area contributed by atoms with E-state index in [1.807, 2.05) is 6.92 Å². The van der Waals surface area contributed by atoms with Crippen LogP contribution in [0.25, 0.3) is 0 Å². The number of fused-ring (bicyclic) bond motifs is 1. The fourth-order valence-corrected chi connectivity index (χ4v) is 3.86. The van der Waals surface area contributed by atoms with E-state index in [-0.39, 0.29) is 23.4 Å². The highest BCUT2D eigenvalue weighted by Gasteiger charge is 2.42. The minimum Gasteiger partial charge on any atom is -0.469 e. The zero-order valence-corrected chi connectivity index (χ0v) is 12.5. The van der Waals surface area contributed by atoms with Gasteiger partial charge in [0.05, 0.1) is 19.1 Å². The van der Waals surface area contributed by atoms with E-state index in [4.69, 9.17) is 4.74 Å². The van der Waals surface area contributed by atoms with Crippen LogP contribution in [0.4, 0.5) is 0 Å². The van der Waals surface area contributed by atoms with E-state index in [0.717, 1.165) is 37.7 Å². The van der Waals surface area contributed by atoms with E-state index in [9.17, 15) is 9.90 Å². The van der Waals surface area contributed by atoms with Crippen LogP contribution in [0.1, 0.15) is 52.9 Å². The first-order valence-corrected chi connectivity index (χ1v) is 7.35. The Hall–Kier alpha value is -0.830. The second kappa shape index (κ2) is 5.28. The summed E-state index contributed by atoms with van der Waals surface area (Å²) in [5, 5.41) is 10.1. The van der Waals surface area contributed by atoms with Crippen LogP contribution in [-0.4, -0.2) is 24.3 Å². The summed E-state index contributed by atoms with van der Waals surface area (Å²) in [5.41, 5.74) is 2.80. The predicted molar refractivity (Wildman–Crippen MR) is 74.6 cm³/mol. The fraction of sp³-hybridized carbons (Fsp3) is 0.812. The maximum absolute atomic E-state index is 11.7. The summed E-state index contributed by atoms with van der Waals surface area (Å²) < 4.78 is 4.87. The van der Waals surface area contributed by atoms with Crippen LogP contribution in [-0.2, 0) is 9.53 Å². The van der Waals surface area contributed by atoms with Gasteiger partial charge in [-0.2, -0.15) is 0 Å². The second-order valence-corrected chi connectivity index (χ2v) is 6.59. The van der Waals surface area contributed by atoms with Crippen molar-refractivity contribution in [3.05, 3.63) is 11.1 Å². The normalized spacial score (nSPS) is 36.7. The SMILES string of the molecule is COC(=O)[C@H](C)[C@@H]1CC[C@@]2(C)CC[C@H](O)C(C)=C2C1. The zero-order valence-electron chi connectivity index (χ0n) is 12.5. The van der Waals surface area contributed by atoms with Crippen molar-refractivity contribution in [3.8, 4) is 0 Å². The molecule has 2 rings (SSSR count). The lowest BCUT2D eigenvalue weighted by atomic mass is 9.60. The summed E-state index contributed by atoms with van der Waals surface area (Å²) in [5.74, 6) is 0.202. The highest BCUT2D eigenvalue weighted by molar-refractivity contribution is 5.72. The third-order valence-electron chi connectivity index (χ3n) is 5.49. The minimum absolute atomic E-state index is 0.0473. The predicted octanol–water partition coefficient (Wildman–Crippen LogP) is 3.07. The molecule has 1 N–H and O–H groups in total. The summed E-state index contributed by atoms with van der Waals surface area (Å²) in [4.78, 5) is 11.7. The van der Waals surface area contributed by atoms with Crippen LogP contribution in [0.3, 0.4) is 0 Å². The third kappa shape index (κ3) is 2.58. The molecule has 1 fully saturated rings. The van der Waals surface area contributed by atoms with Gasteiger partial charge in [-0.15, -0.1) is 0 Å². The van der Waals surface area contributed by atoms with E-state index in [1.165, 1.54) is 12.7 Å². The molecule has 3 heteroatoms. The molecule has 0 unspecified atom stereocenters.